The molecule has 8 heteroatoms. The van der Waals surface area contributed by atoms with Crippen molar-refractivity contribution in [2.24, 2.45) is 0 Å². The minimum Gasteiger partial charge on any atom is -0.482 e. The average Bonchev–Trinajstić information content (AvgIpc) is 2.46. The van der Waals surface area contributed by atoms with Crippen molar-refractivity contribution in [1.29, 1.82) is 0 Å². The minimum absolute atomic E-state index is 0.0538. The van der Waals surface area contributed by atoms with Gasteiger partial charge in [-0.3, -0.25) is 4.79 Å². The van der Waals surface area contributed by atoms with Gasteiger partial charge in [-0.2, -0.15) is 0 Å². The number of amides is 1. The van der Waals surface area contributed by atoms with E-state index >= 15 is 0 Å². The van der Waals surface area contributed by atoms with Crippen molar-refractivity contribution < 1.29 is 17.9 Å². The van der Waals surface area contributed by atoms with E-state index in [2.05, 4.69) is 15.4 Å². The first-order valence-electron chi connectivity index (χ1n) is 6.80. The third-order valence-electron chi connectivity index (χ3n) is 2.97. The van der Waals surface area contributed by atoms with E-state index in [9.17, 15) is 13.2 Å². The lowest BCUT2D eigenvalue weighted by molar-refractivity contribution is -0.118. The molecule has 0 bridgehead atoms. The molecule has 1 heterocycles. The molecule has 0 aromatic heterocycles. The van der Waals surface area contributed by atoms with Crippen LogP contribution < -0.4 is 20.1 Å². The highest BCUT2D eigenvalue weighted by molar-refractivity contribution is 7.89. The van der Waals surface area contributed by atoms with Gasteiger partial charge >= 0.3 is 0 Å². The van der Waals surface area contributed by atoms with Gasteiger partial charge in [0.25, 0.3) is 5.91 Å². The number of ether oxygens (including phenoxy) is 1. The number of carbonyl (C=O) groups excluding carboxylic acids is 1. The number of rotatable bonds is 7. The predicted molar refractivity (Wildman–Crippen MR) is 78.9 cm³/mol. The third-order valence-corrected chi connectivity index (χ3v) is 4.43. The van der Waals surface area contributed by atoms with E-state index in [1.165, 1.54) is 12.1 Å². The molecule has 0 atom stereocenters. The van der Waals surface area contributed by atoms with Gasteiger partial charge in [-0.1, -0.05) is 6.92 Å². The zero-order chi connectivity index (χ0) is 15.3. The standard InChI is InChI=1S/C13H19N3O4S/c1-2-14-6-3-7-15-21(18,19)10-4-5-12-11(8-10)16-13(17)9-20-12/h4-5,8,14-15H,2-3,6-7,9H2,1H3,(H,16,17). The molecule has 0 spiro atoms. The van der Waals surface area contributed by atoms with Gasteiger partial charge in [0.15, 0.2) is 6.61 Å². The summed E-state index contributed by atoms with van der Waals surface area (Å²) in [5.41, 5.74) is 0.377. The van der Waals surface area contributed by atoms with Crippen molar-refractivity contribution in [3.05, 3.63) is 18.2 Å². The molecule has 0 aliphatic carbocycles. The molecule has 0 unspecified atom stereocenters. The number of benzene rings is 1. The number of carbonyl (C=O) groups is 1. The lowest BCUT2D eigenvalue weighted by atomic mass is 10.2. The van der Waals surface area contributed by atoms with Crippen LogP contribution in [0.1, 0.15) is 13.3 Å². The van der Waals surface area contributed by atoms with Gasteiger partial charge in [-0.05, 0) is 37.7 Å². The lowest BCUT2D eigenvalue weighted by Gasteiger charge is -2.18. The van der Waals surface area contributed by atoms with E-state index < -0.39 is 10.0 Å². The van der Waals surface area contributed by atoms with Crippen LogP contribution >= 0.6 is 0 Å². The molecule has 7 nitrogen and oxygen atoms in total. The monoisotopic (exact) mass is 313 g/mol. The quantitative estimate of drug-likeness (QED) is 0.629. The first-order chi connectivity index (χ1) is 10.0. The van der Waals surface area contributed by atoms with Gasteiger partial charge in [0, 0.05) is 6.54 Å². The maximum Gasteiger partial charge on any atom is 0.262 e. The first-order valence-corrected chi connectivity index (χ1v) is 8.28. The van der Waals surface area contributed by atoms with E-state index in [0.717, 1.165) is 13.1 Å². The van der Waals surface area contributed by atoms with Crippen molar-refractivity contribution in [3.8, 4) is 5.75 Å². The Bertz CT molecular complexity index is 616. The van der Waals surface area contributed by atoms with Crippen LogP contribution in [0, 0.1) is 0 Å². The summed E-state index contributed by atoms with van der Waals surface area (Å²) in [5, 5.41) is 5.71. The van der Waals surface area contributed by atoms with Crippen molar-refractivity contribution in [2.45, 2.75) is 18.2 Å². The van der Waals surface area contributed by atoms with Crippen LogP contribution in [-0.2, 0) is 14.8 Å². The summed E-state index contributed by atoms with van der Waals surface area (Å²) in [5.74, 6) is 0.177. The molecule has 1 aliphatic heterocycles. The van der Waals surface area contributed by atoms with Crippen LogP contribution in [-0.4, -0.2) is 40.6 Å². The number of nitrogens with one attached hydrogen (secondary N) is 3. The zero-order valence-electron chi connectivity index (χ0n) is 11.8. The Balaban J connectivity index is 2.03. The molecule has 1 aromatic rings. The maximum atomic E-state index is 12.1. The first kappa shape index (κ1) is 15.7. The Hall–Kier alpha value is -1.64. The van der Waals surface area contributed by atoms with E-state index in [-0.39, 0.29) is 17.4 Å². The zero-order valence-corrected chi connectivity index (χ0v) is 12.6. The van der Waals surface area contributed by atoms with Crippen molar-refractivity contribution in [2.75, 3.05) is 31.6 Å². The fraction of sp³-hybridized carbons (Fsp3) is 0.462. The van der Waals surface area contributed by atoms with Gasteiger partial charge < -0.3 is 15.4 Å². The average molecular weight is 313 g/mol. The molecular formula is C13H19N3O4S. The van der Waals surface area contributed by atoms with E-state index in [4.69, 9.17) is 4.74 Å². The molecular weight excluding hydrogens is 294 g/mol. The second-order valence-corrected chi connectivity index (χ2v) is 6.37. The summed E-state index contributed by atoms with van der Waals surface area (Å²) in [6, 6.07) is 4.41. The van der Waals surface area contributed by atoms with Crippen LogP contribution in [0.2, 0.25) is 0 Å². The Kier molecular flexibility index (Phi) is 5.16. The normalized spacial score (nSPS) is 14.2. The predicted octanol–water partition coefficient (Wildman–Crippen LogP) is 0.295. The molecule has 116 valence electrons. The largest absolute Gasteiger partial charge is 0.482 e. The van der Waals surface area contributed by atoms with Gasteiger partial charge in [0.2, 0.25) is 10.0 Å². The van der Waals surface area contributed by atoms with Gasteiger partial charge in [0.05, 0.1) is 10.6 Å². The minimum atomic E-state index is -3.58. The summed E-state index contributed by atoms with van der Waals surface area (Å²) in [6.45, 7) is 3.91. The van der Waals surface area contributed by atoms with Crippen molar-refractivity contribution >= 4 is 21.6 Å². The summed E-state index contributed by atoms with van der Waals surface area (Å²) < 4.78 is 32.0. The van der Waals surface area contributed by atoms with Gasteiger partial charge in [-0.25, -0.2) is 13.1 Å². The molecule has 0 saturated heterocycles. The fourth-order valence-corrected chi connectivity index (χ4v) is 3.01. The number of sulfonamides is 1. The summed E-state index contributed by atoms with van der Waals surface area (Å²) >= 11 is 0. The lowest BCUT2D eigenvalue weighted by Crippen LogP contribution is -2.28. The second kappa shape index (κ2) is 6.88. The van der Waals surface area contributed by atoms with Crippen LogP contribution in [0.5, 0.6) is 5.75 Å². The Morgan fingerprint density at radius 1 is 1.33 bits per heavy atom. The highest BCUT2D eigenvalue weighted by Crippen LogP contribution is 2.29. The third kappa shape index (κ3) is 4.16. The molecule has 1 aromatic carbocycles. The topological polar surface area (TPSA) is 96.5 Å². The number of hydrogen-bond acceptors (Lipinski definition) is 5. The smallest absolute Gasteiger partial charge is 0.262 e. The van der Waals surface area contributed by atoms with Crippen molar-refractivity contribution in [3.63, 3.8) is 0 Å². The molecule has 0 radical (unpaired) electrons. The number of fused-ring (bicyclic) bond motifs is 1. The van der Waals surface area contributed by atoms with Crippen LogP contribution in [0.15, 0.2) is 23.1 Å². The van der Waals surface area contributed by atoms with Crippen LogP contribution in [0.4, 0.5) is 5.69 Å². The maximum absolute atomic E-state index is 12.1. The van der Waals surface area contributed by atoms with E-state index in [1.807, 2.05) is 6.92 Å². The highest BCUT2D eigenvalue weighted by Gasteiger charge is 2.20. The van der Waals surface area contributed by atoms with Gasteiger partial charge in [-0.15, -0.1) is 0 Å². The highest BCUT2D eigenvalue weighted by atomic mass is 32.2. The fourth-order valence-electron chi connectivity index (χ4n) is 1.91. The van der Waals surface area contributed by atoms with Crippen LogP contribution in [0.3, 0.4) is 0 Å². The van der Waals surface area contributed by atoms with Crippen molar-refractivity contribution in [1.82, 2.24) is 10.0 Å². The molecule has 0 saturated carbocycles. The number of hydrogen-bond donors (Lipinski definition) is 3. The van der Waals surface area contributed by atoms with E-state index in [1.54, 1.807) is 6.07 Å². The molecule has 1 amide bonds. The Labute approximate surface area is 124 Å². The second-order valence-electron chi connectivity index (χ2n) is 4.60. The van der Waals surface area contributed by atoms with E-state index in [0.29, 0.717) is 24.4 Å². The molecule has 1 aliphatic rings. The summed E-state index contributed by atoms with van der Waals surface area (Å²) in [6.07, 6.45) is 0.706. The summed E-state index contributed by atoms with van der Waals surface area (Å²) in [4.78, 5) is 11.4. The van der Waals surface area contributed by atoms with Crippen LogP contribution in [0.25, 0.3) is 0 Å². The Morgan fingerprint density at radius 3 is 2.90 bits per heavy atom. The molecule has 21 heavy (non-hydrogen) atoms. The number of anilines is 1. The molecule has 2 rings (SSSR count). The van der Waals surface area contributed by atoms with Gasteiger partial charge in [0.1, 0.15) is 5.75 Å². The Morgan fingerprint density at radius 2 is 2.14 bits per heavy atom. The molecule has 0 fully saturated rings. The molecule has 3 N–H and O–H groups in total. The SMILES string of the molecule is CCNCCCNS(=O)(=O)c1ccc2c(c1)NC(=O)CO2. The summed E-state index contributed by atoms with van der Waals surface area (Å²) in [7, 11) is -3.58.